The van der Waals surface area contributed by atoms with Gasteiger partial charge in [0.15, 0.2) is 0 Å². The molecule has 4 nitrogen and oxygen atoms in total. The second-order valence-electron chi connectivity index (χ2n) is 5.66. The van der Waals surface area contributed by atoms with Gasteiger partial charge in [-0.2, -0.15) is 0 Å². The number of benzene rings is 1. The van der Waals surface area contributed by atoms with E-state index in [1.807, 2.05) is 37.4 Å². The van der Waals surface area contributed by atoms with E-state index in [9.17, 15) is 10.2 Å². The van der Waals surface area contributed by atoms with Crippen molar-refractivity contribution in [1.82, 2.24) is 9.88 Å². The highest BCUT2D eigenvalue weighted by atomic mass is 16.3. The van der Waals surface area contributed by atoms with Gasteiger partial charge in [0.1, 0.15) is 15.7 Å². The number of hydrogen-bond donors (Lipinski definition) is 3. The molecule has 0 bridgehead atoms. The molecule has 2 aromatic rings. The highest BCUT2D eigenvalue weighted by Gasteiger charge is 2.37. The van der Waals surface area contributed by atoms with Gasteiger partial charge >= 0.3 is 0 Å². The molecule has 21 heavy (non-hydrogen) atoms. The van der Waals surface area contributed by atoms with E-state index >= 15 is 0 Å². The van der Waals surface area contributed by atoms with Crippen LogP contribution < -0.4 is 0 Å². The zero-order valence-electron chi connectivity index (χ0n) is 12.5. The van der Waals surface area contributed by atoms with Crippen molar-refractivity contribution in [2.75, 3.05) is 6.54 Å². The summed E-state index contributed by atoms with van der Waals surface area (Å²) in [6, 6.07) is 7.78. The molecule has 0 aliphatic heterocycles. The van der Waals surface area contributed by atoms with Crippen LogP contribution in [0.15, 0.2) is 30.5 Å². The number of fused-ring (bicyclic) bond motifs is 1. The predicted octanol–water partition coefficient (Wildman–Crippen LogP) is 1.07. The molecule has 108 valence electrons. The maximum atomic E-state index is 10.6. The number of rotatable bonds is 6. The van der Waals surface area contributed by atoms with Gasteiger partial charge in [-0.15, -0.1) is 0 Å². The molecule has 0 aliphatic rings. The second kappa shape index (κ2) is 5.87. The molecule has 4 radical (unpaired) electrons. The molecule has 2 atom stereocenters. The molecule has 0 amide bonds. The fourth-order valence-corrected chi connectivity index (χ4v) is 2.69. The van der Waals surface area contributed by atoms with Crippen LogP contribution in [0.4, 0.5) is 0 Å². The highest BCUT2D eigenvalue weighted by molar-refractivity contribution is 6.17. The largest absolute Gasteiger partial charge is 0.385 e. The first-order valence-electron chi connectivity index (χ1n) is 7.11. The van der Waals surface area contributed by atoms with Crippen molar-refractivity contribution in [2.24, 2.45) is 0 Å². The minimum atomic E-state index is -1.74. The lowest BCUT2D eigenvalue weighted by molar-refractivity contribution is -0.143. The third kappa shape index (κ3) is 3.51. The Labute approximate surface area is 128 Å². The Hall–Kier alpha value is -1.23. The number of nitrogens with one attached hydrogen (secondary N) is 1. The lowest BCUT2D eigenvalue weighted by Crippen LogP contribution is -2.61. The average Bonchev–Trinajstić information content (AvgIpc) is 2.77. The van der Waals surface area contributed by atoms with Gasteiger partial charge < -0.3 is 15.2 Å². The van der Waals surface area contributed by atoms with Crippen LogP contribution in [0.1, 0.15) is 25.8 Å². The first kappa shape index (κ1) is 16.1. The van der Waals surface area contributed by atoms with Gasteiger partial charge in [0.05, 0.1) is 11.2 Å². The average molecular weight is 282 g/mol. The summed E-state index contributed by atoms with van der Waals surface area (Å²) in [5.41, 5.74) is -1.57. The molecule has 2 unspecified atom stereocenters. The molecule has 2 rings (SSSR count). The molecule has 1 aromatic carbocycles. The van der Waals surface area contributed by atoms with Crippen LogP contribution >= 0.6 is 0 Å². The first-order valence-corrected chi connectivity index (χ1v) is 7.11. The summed E-state index contributed by atoms with van der Waals surface area (Å²) in [6.45, 7) is 3.73. The number of aliphatic hydroxyl groups is 2. The van der Waals surface area contributed by atoms with Crippen molar-refractivity contribution in [1.29, 1.82) is 0 Å². The lowest BCUT2D eigenvalue weighted by Gasteiger charge is -2.45. The molecule has 0 fully saturated rings. The number of aromatic nitrogens is 1. The minimum absolute atomic E-state index is 0.157. The van der Waals surface area contributed by atoms with Gasteiger partial charge in [0, 0.05) is 30.1 Å². The fourth-order valence-electron chi connectivity index (χ4n) is 2.69. The lowest BCUT2D eigenvalue weighted by atomic mass is 9.78. The van der Waals surface area contributed by atoms with E-state index in [-0.39, 0.29) is 6.42 Å². The molecule has 1 heterocycles. The van der Waals surface area contributed by atoms with Crippen molar-refractivity contribution in [3.63, 3.8) is 0 Å². The molecule has 1 aromatic heterocycles. The van der Waals surface area contributed by atoms with E-state index in [2.05, 4.69) is 4.98 Å². The number of aromatic amines is 1. The van der Waals surface area contributed by atoms with Gasteiger partial charge in [-0.05, 0) is 25.0 Å². The summed E-state index contributed by atoms with van der Waals surface area (Å²) in [5.74, 6) is 0. The molecule has 0 saturated carbocycles. The monoisotopic (exact) mass is 282 g/mol. The minimum Gasteiger partial charge on any atom is -0.385 e. The molecule has 0 spiro atoms. The molecule has 0 saturated heterocycles. The van der Waals surface area contributed by atoms with Crippen LogP contribution in [0.5, 0.6) is 0 Å². The zero-order chi connectivity index (χ0) is 15.7. The topological polar surface area (TPSA) is 59.5 Å². The predicted molar refractivity (Wildman–Crippen MR) is 86.1 cm³/mol. The fraction of sp³-hybridized carbons (Fsp3) is 0.467. The van der Waals surface area contributed by atoms with Crippen molar-refractivity contribution >= 4 is 26.6 Å². The van der Waals surface area contributed by atoms with Crippen LogP contribution in [-0.2, 0) is 6.42 Å². The van der Waals surface area contributed by atoms with E-state index < -0.39 is 11.2 Å². The molecular formula is C15H20B2N2O2. The van der Waals surface area contributed by atoms with E-state index in [0.29, 0.717) is 13.0 Å². The first-order chi connectivity index (χ1) is 9.75. The maximum Gasteiger partial charge on any atom is 0.136 e. The molecule has 6 heteroatoms. The Morgan fingerprint density at radius 3 is 2.52 bits per heavy atom. The van der Waals surface area contributed by atoms with Gasteiger partial charge in [0.2, 0.25) is 0 Å². The Kier molecular flexibility index (Phi) is 4.51. The van der Waals surface area contributed by atoms with Crippen molar-refractivity contribution in [2.45, 2.75) is 37.9 Å². The molecular weight excluding hydrogens is 262 g/mol. The van der Waals surface area contributed by atoms with Crippen molar-refractivity contribution in [3.8, 4) is 0 Å². The Balaban J connectivity index is 2.30. The number of H-pyrrole nitrogens is 1. The summed E-state index contributed by atoms with van der Waals surface area (Å²) in [7, 11) is 11.8. The van der Waals surface area contributed by atoms with Crippen molar-refractivity contribution < 1.29 is 10.2 Å². The Morgan fingerprint density at radius 2 is 1.90 bits per heavy atom. The molecule has 3 N–H and O–H groups in total. The quantitative estimate of drug-likeness (QED) is 0.548. The maximum absolute atomic E-state index is 10.6. The van der Waals surface area contributed by atoms with Gasteiger partial charge in [0.25, 0.3) is 0 Å². The normalized spacial score (nSPS) is 17.8. The zero-order valence-corrected chi connectivity index (χ0v) is 12.5. The Bertz CT molecular complexity index is 605. The third-order valence-corrected chi connectivity index (χ3v) is 3.59. The standard InChI is InChI=1S/C15H20B2N2O2/c1-3-8-19(14(2,16)20)15(17,21)9-11-10-18-13-7-5-4-6-12(11)13/h4-7,10,18,20-21H,3,8-9H2,1-2H3. The highest BCUT2D eigenvalue weighted by Crippen LogP contribution is 2.26. The Morgan fingerprint density at radius 1 is 1.24 bits per heavy atom. The summed E-state index contributed by atoms with van der Waals surface area (Å²) in [6.07, 6.45) is 2.68. The summed E-state index contributed by atoms with van der Waals surface area (Å²) in [5, 5.41) is 21.7. The molecule has 0 aliphatic carbocycles. The van der Waals surface area contributed by atoms with E-state index in [1.165, 1.54) is 11.8 Å². The smallest absolute Gasteiger partial charge is 0.136 e. The van der Waals surface area contributed by atoms with Gasteiger partial charge in [-0.1, -0.05) is 25.1 Å². The van der Waals surface area contributed by atoms with Crippen LogP contribution in [0.2, 0.25) is 0 Å². The number of nitrogens with zero attached hydrogens (tertiary/aromatic N) is 1. The summed E-state index contributed by atoms with van der Waals surface area (Å²) < 4.78 is 0. The number of para-hydroxylation sites is 1. The second-order valence-corrected chi connectivity index (χ2v) is 5.66. The van der Waals surface area contributed by atoms with Gasteiger partial charge in [-0.3, -0.25) is 4.90 Å². The summed E-state index contributed by atoms with van der Waals surface area (Å²) in [4.78, 5) is 4.45. The van der Waals surface area contributed by atoms with Gasteiger partial charge in [-0.25, -0.2) is 0 Å². The summed E-state index contributed by atoms with van der Waals surface area (Å²) >= 11 is 0. The van der Waals surface area contributed by atoms with Crippen LogP contribution in [-0.4, -0.2) is 53.6 Å². The van der Waals surface area contributed by atoms with Crippen LogP contribution in [0.25, 0.3) is 10.9 Å². The van der Waals surface area contributed by atoms with Crippen LogP contribution in [0.3, 0.4) is 0 Å². The van der Waals surface area contributed by atoms with Crippen LogP contribution in [0, 0.1) is 0 Å². The SMILES string of the molecule is [B]C(C)(O)N(CCC)C([B])(O)Cc1c[nH]c2ccccc12. The van der Waals surface area contributed by atoms with E-state index in [0.717, 1.165) is 16.5 Å². The van der Waals surface area contributed by atoms with E-state index in [1.54, 1.807) is 0 Å². The number of hydrogen-bond acceptors (Lipinski definition) is 3. The van der Waals surface area contributed by atoms with E-state index in [4.69, 9.17) is 15.7 Å². The third-order valence-electron chi connectivity index (χ3n) is 3.59. The van der Waals surface area contributed by atoms with Crippen molar-refractivity contribution in [3.05, 3.63) is 36.0 Å².